The summed E-state index contributed by atoms with van der Waals surface area (Å²) in [6.07, 6.45) is 3.85. The van der Waals surface area contributed by atoms with Crippen LogP contribution < -0.4 is 24.8 Å². The van der Waals surface area contributed by atoms with Gasteiger partial charge in [0.2, 0.25) is 11.7 Å². The molecule has 142 valence electrons. The van der Waals surface area contributed by atoms with Gasteiger partial charge in [-0.1, -0.05) is 0 Å². The van der Waals surface area contributed by atoms with Gasteiger partial charge in [0.05, 0.1) is 21.3 Å². The number of ether oxygens (including phenoxy) is 3. The van der Waals surface area contributed by atoms with E-state index < -0.39 is 0 Å². The molecule has 2 rings (SSSR count). The second-order valence-corrected chi connectivity index (χ2v) is 6.00. The summed E-state index contributed by atoms with van der Waals surface area (Å²) < 4.78 is 16.1. The third-order valence-corrected chi connectivity index (χ3v) is 4.50. The number of hydrogen-bond donors (Lipinski definition) is 2. The Bertz CT molecular complexity index is 548. The van der Waals surface area contributed by atoms with Crippen molar-refractivity contribution in [2.75, 3.05) is 34.4 Å². The summed E-state index contributed by atoms with van der Waals surface area (Å²) in [6.45, 7) is 2.54. The fourth-order valence-electron chi connectivity index (χ4n) is 3.09. The van der Waals surface area contributed by atoms with Crippen LogP contribution >= 0.6 is 12.4 Å². The largest absolute Gasteiger partial charge is 0.493 e. The first-order valence-electron chi connectivity index (χ1n) is 8.44. The van der Waals surface area contributed by atoms with Crippen molar-refractivity contribution in [1.29, 1.82) is 0 Å². The first kappa shape index (κ1) is 21.4. The molecule has 1 aromatic rings. The molecule has 0 aliphatic carbocycles. The second kappa shape index (κ2) is 11.1. The van der Waals surface area contributed by atoms with Gasteiger partial charge in [-0.05, 0) is 50.4 Å². The monoisotopic (exact) mass is 372 g/mol. The van der Waals surface area contributed by atoms with Crippen LogP contribution in [-0.4, -0.2) is 40.3 Å². The van der Waals surface area contributed by atoms with E-state index in [9.17, 15) is 4.79 Å². The lowest BCUT2D eigenvalue weighted by molar-refractivity contribution is -0.121. The van der Waals surface area contributed by atoms with E-state index in [-0.39, 0.29) is 18.3 Å². The average Bonchev–Trinajstić information content (AvgIpc) is 2.64. The highest BCUT2D eigenvalue weighted by Gasteiger charge is 2.17. The Morgan fingerprint density at radius 3 is 2.40 bits per heavy atom. The molecule has 0 saturated carbocycles. The maximum absolute atomic E-state index is 12.1. The number of amides is 1. The zero-order chi connectivity index (χ0) is 17.4. The second-order valence-electron chi connectivity index (χ2n) is 6.00. The van der Waals surface area contributed by atoms with Crippen molar-refractivity contribution in [1.82, 2.24) is 10.6 Å². The molecule has 7 heteroatoms. The lowest BCUT2D eigenvalue weighted by Crippen LogP contribution is -2.29. The van der Waals surface area contributed by atoms with Crippen molar-refractivity contribution in [2.24, 2.45) is 5.92 Å². The third kappa shape index (κ3) is 5.97. The Kier molecular flexibility index (Phi) is 9.45. The summed E-state index contributed by atoms with van der Waals surface area (Å²) in [4.78, 5) is 12.1. The van der Waals surface area contributed by atoms with Crippen molar-refractivity contribution in [3.05, 3.63) is 17.7 Å². The van der Waals surface area contributed by atoms with Gasteiger partial charge < -0.3 is 24.8 Å². The van der Waals surface area contributed by atoms with E-state index in [2.05, 4.69) is 10.6 Å². The third-order valence-electron chi connectivity index (χ3n) is 4.50. The molecule has 1 aromatic carbocycles. The van der Waals surface area contributed by atoms with Gasteiger partial charge in [0, 0.05) is 18.5 Å². The van der Waals surface area contributed by atoms with Gasteiger partial charge in [-0.3, -0.25) is 4.79 Å². The van der Waals surface area contributed by atoms with Crippen molar-refractivity contribution < 1.29 is 19.0 Å². The van der Waals surface area contributed by atoms with Crippen LogP contribution in [0.2, 0.25) is 0 Å². The average molecular weight is 373 g/mol. The lowest BCUT2D eigenvalue weighted by Gasteiger charge is -2.22. The van der Waals surface area contributed by atoms with E-state index in [0.717, 1.165) is 37.9 Å². The summed E-state index contributed by atoms with van der Waals surface area (Å²) in [7, 11) is 4.74. The smallest absolute Gasteiger partial charge is 0.220 e. The maximum atomic E-state index is 12.1. The van der Waals surface area contributed by atoms with Gasteiger partial charge in [0.15, 0.2) is 11.5 Å². The van der Waals surface area contributed by atoms with E-state index >= 15 is 0 Å². The van der Waals surface area contributed by atoms with Crippen molar-refractivity contribution in [3.63, 3.8) is 0 Å². The standard InChI is InChI=1S/C18H28N2O4.ClH/c1-22-15-6-5-14(17(23-2)18(15)24-3)12-20-16(21)7-4-13-8-10-19-11-9-13;/h5-6,13,19H,4,7-12H2,1-3H3,(H,20,21);1H. The van der Waals surface area contributed by atoms with E-state index in [1.807, 2.05) is 12.1 Å². The Labute approximate surface area is 156 Å². The molecule has 1 saturated heterocycles. The molecule has 0 atom stereocenters. The summed E-state index contributed by atoms with van der Waals surface area (Å²) in [6, 6.07) is 3.70. The number of carbonyl (C=O) groups is 1. The van der Waals surface area contributed by atoms with Crippen LogP contribution in [0.5, 0.6) is 17.2 Å². The molecule has 1 fully saturated rings. The number of carbonyl (C=O) groups excluding carboxylic acids is 1. The molecule has 25 heavy (non-hydrogen) atoms. The zero-order valence-corrected chi connectivity index (χ0v) is 16.0. The molecule has 1 aliphatic rings. The van der Waals surface area contributed by atoms with Crippen LogP contribution in [-0.2, 0) is 11.3 Å². The molecule has 1 aliphatic heterocycles. The molecule has 0 unspecified atom stereocenters. The molecule has 1 amide bonds. The lowest BCUT2D eigenvalue weighted by atomic mass is 9.93. The molecule has 6 nitrogen and oxygen atoms in total. The summed E-state index contributed by atoms with van der Waals surface area (Å²) >= 11 is 0. The summed E-state index contributed by atoms with van der Waals surface area (Å²) in [5.41, 5.74) is 0.866. The minimum Gasteiger partial charge on any atom is -0.493 e. The van der Waals surface area contributed by atoms with E-state index in [1.54, 1.807) is 21.3 Å². The maximum Gasteiger partial charge on any atom is 0.220 e. The first-order valence-corrected chi connectivity index (χ1v) is 8.44. The van der Waals surface area contributed by atoms with Crippen LogP contribution in [0.3, 0.4) is 0 Å². The molecule has 0 radical (unpaired) electrons. The molecule has 1 heterocycles. The minimum atomic E-state index is 0. The Morgan fingerprint density at radius 1 is 1.12 bits per heavy atom. The van der Waals surface area contributed by atoms with Crippen molar-refractivity contribution in [2.45, 2.75) is 32.2 Å². The Balaban J connectivity index is 0.00000312. The number of hydrogen-bond acceptors (Lipinski definition) is 5. The number of piperidine rings is 1. The van der Waals surface area contributed by atoms with Gasteiger partial charge >= 0.3 is 0 Å². The van der Waals surface area contributed by atoms with Crippen LogP contribution in [0.1, 0.15) is 31.2 Å². The summed E-state index contributed by atoms with van der Waals surface area (Å²) in [5, 5.41) is 6.32. The minimum absolute atomic E-state index is 0. The molecular weight excluding hydrogens is 344 g/mol. The van der Waals surface area contributed by atoms with Crippen LogP contribution in [0, 0.1) is 5.92 Å². The topological polar surface area (TPSA) is 68.8 Å². The highest BCUT2D eigenvalue weighted by Crippen LogP contribution is 2.39. The number of nitrogens with one attached hydrogen (secondary N) is 2. The SMILES string of the molecule is COc1ccc(CNC(=O)CCC2CCNCC2)c(OC)c1OC.Cl. The number of rotatable bonds is 8. The van der Waals surface area contributed by atoms with Gasteiger partial charge in [-0.2, -0.15) is 0 Å². The molecular formula is C18H29ClN2O4. The van der Waals surface area contributed by atoms with Gasteiger partial charge in [0.1, 0.15) is 0 Å². The number of halogens is 1. The van der Waals surface area contributed by atoms with Gasteiger partial charge in [0.25, 0.3) is 0 Å². The Morgan fingerprint density at radius 2 is 1.80 bits per heavy atom. The highest BCUT2D eigenvalue weighted by molar-refractivity contribution is 5.85. The fourth-order valence-corrected chi connectivity index (χ4v) is 3.09. The molecule has 2 N–H and O–H groups in total. The highest BCUT2D eigenvalue weighted by atomic mass is 35.5. The van der Waals surface area contributed by atoms with Gasteiger partial charge in [-0.25, -0.2) is 0 Å². The van der Waals surface area contributed by atoms with Crippen LogP contribution in [0.25, 0.3) is 0 Å². The quantitative estimate of drug-likeness (QED) is 0.734. The van der Waals surface area contributed by atoms with Crippen molar-refractivity contribution in [3.8, 4) is 17.2 Å². The van der Waals surface area contributed by atoms with Crippen LogP contribution in [0.4, 0.5) is 0 Å². The van der Waals surface area contributed by atoms with E-state index in [1.165, 1.54) is 0 Å². The van der Waals surface area contributed by atoms with E-state index in [0.29, 0.717) is 36.1 Å². The molecule has 0 aromatic heterocycles. The first-order chi connectivity index (χ1) is 11.7. The predicted molar refractivity (Wildman–Crippen MR) is 100 cm³/mol. The van der Waals surface area contributed by atoms with Crippen LogP contribution in [0.15, 0.2) is 12.1 Å². The fraction of sp³-hybridized carbons (Fsp3) is 0.611. The van der Waals surface area contributed by atoms with E-state index in [4.69, 9.17) is 14.2 Å². The Hall–Kier alpha value is -1.66. The number of benzene rings is 1. The molecule has 0 spiro atoms. The normalized spacial score (nSPS) is 14.4. The van der Waals surface area contributed by atoms with Gasteiger partial charge in [-0.15, -0.1) is 12.4 Å². The summed E-state index contributed by atoms with van der Waals surface area (Å²) in [5.74, 6) is 2.48. The predicted octanol–water partition coefficient (Wildman–Crippen LogP) is 2.53. The number of methoxy groups -OCH3 is 3. The zero-order valence-electron chi connectivity index (χ0n) is 15.2. The molecule has 0 bridgehead atoms. The van der Waals surface area contributed by atoms with Crippen molar-refractivity contribution >= 4 is 18.3 Å².